The molecule has 0 bridgehead atoms. The van der Waals surface area contributed by atoms with Crippen LogP contribution >= 0.6 is 23.2 Å². The summed E-state index contributed by atoms with van der Waals surface area (Å²) in [5.41, 5.74) is 4.37. The smallest absolute Gasteiger partial charge is 0.213 e. The van der Waals surface area contributed by atoms with Crippen molar-refractivity contribution < 1.29 is 13.9 Å². The number of pyridine rings is 1. The zero-order valence-corrected chi connectivity index (χ0v) is 21.2. The van der Waals surface area contributed by atoms with Crippen LogP contribution in [0.3, 0.4) is 0 Å². The first-order valence-corrected chi connectivity index (χ1v) is 12.1. The maximum atomic E-state index is 13.7. The number of ether oxygens (including phenoxy) is 1. The van der Waals surface area contributed by atoms with Gasteiger partial charge < -0.3 is 13.9 Å². The second-order valence-electron chi connectivity index (χ2n) is 8.97. The van der Waals surface area contributed by atoms with E-state index in [2.05, 4.69) is 4.98 Å². The van der Waals surface area contributed by atoms with Gasteiger partial charge in [0.25, 0.3) is 0 Å². The van der Waals surface area contributed by atoms with Gasteiger partial charge in [-0.1, -0.05) is 29.3 Å². The Morgan fingerprint density at radius 2 is 1.83 bits per heavy atom. The Balaban J connectivity index is 1.58. The number of benzene rings is 2. The zero-order valence-electron chi connectivity index (χ0n) is 19.7. The first-order valence-electron chi connectivity index (χ1n) is 11.4. The third-order valence-electron chi connectivity index (χ3n) is 6.45. The number of carbonyl (C=O) groups is 1. The number of aromatic nitrogens is 3. The number of halogens is 3. The summed E-state index contributed by atoms with van der Waals surface area (Å²) in [6.07, 6.45) is 4.07. The van der Waals surface area contributed by atoms with Crippen LogP contribution in [0.2, 0.25) is 10.0 Å². The van der Waals surface area contributed by atoms with Crippen LogP contribution in [0.1, 0.15) is 27.2 Å². The Morgan fingerprint density at radius 1 is 1.06 bits per heavy atom. The van der Waals surface area contributed by atoms with E-state index in [1.54, 1.807) is 47.5 Å². The van der Waals surface area contributed by atoms with Crippen LogP contribution in [0.5, 0.6) is 5.75 Å². The van der Waals surface area contributed by atoms with E-state index in [0.29, 0.717) is 56.8 Å². The summed E-state index contributed by atoms with van der Waals surface area (Å²) in [5.74, 6) is -0.544. The molecule has 1 aliphatic rings. The number of nitrogens with one attached hydrogen (secondary N) is 1. The number of nitrogens with zero attached hydrogens (tertiary/aromatic N) is 3. The lowest BCUT2D eigenvalue weighted by Crippen LogP contribution is -2.30. The molecule has 5 rings (SSSR count). The number of Topliss-reactive ketones (excluding diaryl/α,β-unsaturated/α-hetero) is 1. The number of aryl methyl sites for hydroxylation is 2. The van der Waals surface area contributed by atoms with Crippen molar-refractivity contribution in [3.8, 4) is 16.9 Å². The van der Waals surface area contributed by atoms with Gasteiger partial charge >= 0.3 is 0 Å². The number of rotatable bonds is 5. The number of ketones is 1. The molecule has 6 nitrogen and oxygen atoms in total. The van der Waals surface area contributed by atoms with Crippen molar-refractivity contribution in [1.29, 1.82) is 5.41 Å². The largest absolute Gasteiger partial charge is 0.491 e. The summed E-state index contributed by atoms with van der Waals surface area (Å²) >= 11 is 12.2. The van der Waals surface area contributed by atoms with Crippen molar-refractivity contribution in [3.63, 3.8) is 0 Å². The van der Waals surface area contributed by atoms with Crippen LogP contribution in [0.15, 0.2) is 54.9 Å². The van der Waals surface area contributed by atoms with Crippen molar-refractivity contribution in [2.75, 3.05) is 6.61 Å². The monoisotopic (exact) mass is 524 g/mol. The van der Waals surface area contributed by atoms with Crippen LogP contribution in [0, 0.1) is 24.2 Å². The summed E-state index contributed by atoms with van der Waals surface area (Å²) in [6, 6.07) is 12.0. The first-order chi connectivity index (χ1) is 17.2. The number of hydrogen-bond acceptors (Lipinski definition) is 4. The van der Waals surface area contributed by atoms with Gasteiger partial charge in [0, 0.05) is 36.3 Å². The Morgan fingerprint density at radius 3 is 2.53 bits per heavy atom. The molecule has 0 spiro atoms. The predicted molar refractivity (Wildman–Crippen MR) is 136 cm³/mol. The third-order valence-corrected chi connectivity index (χ3v) is 7.19. The highest BCUT2D eigenvalue weighted by Crippen LogP contribution is 2.40. The second kappa shape index (κ2) is 9.56. The van der Waals surface area contributed by atoms with Gasteiger partial charge in [-0.2, -0.15) is 4.39 Å². The van der Waals surface area contributed by atoms with E-state index in [9.17, 15) is 9.18 Å². The summed E-state index contributed by atoms with van der Waals surface area (Å²) in [4.78, 5) is 17.7. The molecule has 0 aliphatic carbocycles. The molecular weight excluding hydrogens is 502 g/mol. The highest BCUT2D eigenvalue weighted by molar-refractivity contribution is 6.42. The van der Waals surface area contributed by atoms with Gasteiger partial charge in [-0.05, 0) is 60.9 Å². The third kappa shape index (κ3) is 4.56. The molecular formula is C27H23Cl2FN4O2. The van der Waals surface area contributed by atoms with Gasteiger partial charge in [0.1, 0.15) is 5.75 Å². The number of hydrogen-bond donors (Lipinski definition) is 1. The number of carbonyl (C=O) groups excluding carboxylic acids is 1. The maximum absolute atomic E-state index is 13.7. The molecule has 1 aliphatic heterocycles. The molecule has 2 aromatic heterocycles. The number of fused-ring (bicyclic) bond motifs is 1. The molecule has 0 saturated heterocycles. The molecule has 1 atom stereocenters. The van der Waals surface area contributed by atoms with E-state index in [-0.39, 0.29) is 12.4 Å². The highest BCUT2D eigenvalue weighted by atomic mass is 35.5. The molecule has 0 fully saturated rings. The van der Waals surface area contributed by atoms with E-state index in [1.807, 2.05) is 24.4 Å². The van der Waals surface area contributed by atoms with Gasteiger partial charge in [-0.15, -0.1) is 0 Å². The van der Waals surface area contributed by atoms with Crippen LogP contribution in [-0.4, -0.2) is 26.5 Å². The fourth-order valence-electron chi connectivity index (χ4n) is 4.56. The van der Waals surface area contributed by atoms with Crippen LogP contribution in [0.25, 0.3) is 11.1 Å². The molecule has 0 amide bonds. The van der Waals surface area contributed by atoms with Gasteiger partial charge in [-0.3, -0.25) is 10.2 Å². The molecule has 1 N–H and O–H groups in total. The summed E-state index contributed by atoms with van der Waals surface area (Å²) in [5, 5.41) is 9.18. The van der Waals surface area contributed by atoms with E-state index in [4.69, 9.17) is 33.3 Å². The fraction of sp³-hybridized carbons (Fsp3) is 0.222. The topological polar surface area (TPSA) is 72.9 Å². The van der Waals surface area contributed by atoms with Crippen molar-refractivity contribution in [1.82, 2.24) is 14.1 Å². The molecule has 4 aromatic rings. The molecule has 2 aromatic carbocycles. The Kier molecular flexibility index (Phi) is 6.45. The zero-order chi connectivity index (χ0) is 25.6. The molecule has 3 heterocycles. The SMILES string of the molecule is Cc1nc(F)ccc1-c1cc(Cn2ccn(C)c2=N)cc2c1OC[C@H](Cc1ccc(Cl)c(Cl)c1)C2=O. The highest BCUT2D eigenvalue weighted by Gasteiger charge is 2.32. The maximum Gasteiger partial charge on any atom is 0.213 e. The predicted octanol–water partition coefficient (Wildman–Crippen LogP) is 5.60. The Hall–Kier alpha value is -3.42. The molecule has 9 heteroatoms. The van der Waals surface area contributed by atoms with Crippen LogP contribution < -0.4 is 10.4 Å². The van der Waals surface area contributed by atoms with Gasteiger partial charge in [0.2, 0.25) is 11.6 Å². The molecule has 0 radical (unpaired) electrons. The van der Waals surface area contributed by atoms with E-state index in [1.165, 1.54) is 6.07 Å². The molecule has 36 heavy (non-hydrogen) atoms. The van der Waals surface area contributed by atoms with Gasteiger partial charge in [0.15, 0.2) is 5.78 Å². The van der Waals surface area contributed by atoms with Crippen molar-refractivity contribution in [3.05, 3.63) is 98.9 Å². The average molecular weight is 525 g/mol. The van der Waals surface area contributed by atoms with Crippen LogP contribution in [-0.2, 0) is 20.0 Å². The Labute approximate surface area is 217 Å². The lowest BCUT2D eigenvalue weighted by Gasteiger charge is -2.27. The second-order valence-corrected chi connectivity index (χ2v) is 9.79. The normalized spacial score (nSPS) is 15.0. The minimum atomic E-state index is -0.571. The minimum Gasteiger partial charge on any atom is -0.491 e. The standard InChI is InChI=1S/C27H23Cl2FN4O2/c1-15-19(4-6-24(30)32-15)20-10-17(13-34-8-7-33(2)27(34)31)11-21-25(35)18(14-36-26(20)21)9-16-3-5-22(28)23(29)12-16/h3-8,10-12,18,31H,9,13-14H2,1-2H3/t18-/m0/s1. The summed E-state index contributed by atoms with van der Waals surface area (Å²) < 4.78 is 23.4. The Bertz CT molecular complexity index is 1560. The van der Waals surface area contributed by atoms with Crippen molar-refractivity contribution >= 4 is 29.0 Å². The average Bonchev–Trinajstić information content (AvgIpc) is 3.15. The van der Waals surface area contributed by atoms with Gasteiger partial charge in [0.05, 0.1) is 34.7 Å². The van der Waals surface area contributed by atoms with E-state index in [0.717, 1.165) is 11.1 Å². The summed E-state index contributed by atoms with van der Waals surface area (Å²) in [7, 11) is 1.80. The number of imidazole rings is 1. The molecule has 0 unspecified atom stereocenters. The lowest BCUT2D eigenvalue weighted by atomic mass is 9.86. The van der Waals surface area contributed by atoms with Crippen molar-refractivity contribution in [2.45, 2.75) is 19.9 Å². The lowest BCUT2D eigenvalue weighted by molar-refractivity contribution is 0.0831. The summed E-state index contributed by atoms with van der Waals surface area (Å²) in [6.45, 7) is 2.32. The molecule has 184 valence electrons. The minimum absolute atomic E-state index is 0.0395. The van der Waals surface area contributed by atoms with Gasteiger partial charge in [-0.25, -0.2) is 4.98 Å². The molecule has 0 saturated carbocycles. The van der Waals surface area contributed by atoms with Crippen molar-refractivity contribution in [2.24, 2.45) is 13.0 Å². The van der Waals surface area contributed by atoms with Crippen LogP contribution in [0.4, 0.5) is 4.39 Å². The quantitative estimate of drug-likeness (QED) is 0.345. The fourth-order valence-corrected chi connectivity index (χ4v) is 4.89. The van der Waals surface area contributed by atoms with E-state index >= 15 is 0 Å². The first kappa shape index (κ1) is 24.3. The van der Waals surface area contributed by atoms with E-state index < -0.39 is 11.9 Å².